The highest BCUT2D eigenvalue weighted by Gasteiger charge is 2.22. The van der Waals surface area contributed by atoms with Crippen LogP contribution >= 0.6 is 11.8 Å². The van der Waals surface area contributed by atoms with Crippen LogP contribution in [0.3, 0.4) is 0 Å². The number of fused-ring (bicyclic) bond motifs is 1. The zero-order valence-electron chi connectivity index (χ0n) is 12.3. The summed E-state index contributed by atoms with van der Waals surface area (Å²) in [4.78, 5) is 35.7. The van der Waals surface area contributed by atoms with Crippen LogP contribution in [0.25, 0.3) is 0 Å². The van der Waals surface area contributed by atoms with Gasteiger partial charge in [-0.1, -0.05) is 0 Å². The lowest BCUT2D eigenvalue weighted by atomic mass is 10.0. The Morgan fingerprint density at radius 1 is 1.32 bits per heavy atom. The van der Waals surface area contributed by atoms with E-state index >= 15 is 0 Å². The third-order valence-corrected chi connectivity index (χ3v) is 4.26. The van der Waals surface area contributed by atoms with E-state index in [1.54, 1.807) is 11.0 Å². The van der Waals surface area contributed by atoms with E-state index in [9.17, 15) is 14.4 Å². The molecule has 0 unspecified atom stereocenters. The highest BCUT2D eigenvalue weighted by atomic mass is 32.2. The lowest BCUT2D eigenvalue weighted by molar-refractivity contribution is -0.133. The molecule has 0 radical (unpaired) electrons. The zero-order chi connectivity index (χ0) is 16.1. The molecule has 1 aromatic carbocycles. The number of carboxylic acid groups (broad SMARTS) is 1. The number of hydrogen-bond acceptors (Lipinski definition) is 4. The number of anilines is 2. The number of carboxylic acids is 1. The Morgan fingerprint density at radius 2 is 2.09 bits per heavy atom. The molecule has 0 aliphatic carbocycles. The summed E-state index contributed by atoms with van der Waals surface area (Å²) in [6.45, 7) is 2.56. The Bertz CT molecular complexity index is 603. The van der Waals surface area contributed by atoms with Gasteiger partial charge in [-0.25, -0.2) is 0 Å². The first-order valence-electron chi connectivity index (χ1n) is 7.04. The average Bonchev–Trinajstić information content (AvgIpc) is 2.47. The van der Waals surface area contributed by atoms with Gasteiger partial charge in [0.2, 0.25) is 11.8 Å². The van der Waals surface area contributed by atoms with E-state index in [0.717, 1.165) is 23.0 Å². The summed E-state index contributed by atoms with van der Waals surface area (Å²) in [5.74, 6) is -1.04. The van der Waals surface area contributed by atoms with Crippen molar-refractivity contribution >= 4 is 40.9 Å². The SMILES string of the molecule is CCN1C(=O)CCc2cc(NC(=O)CSCC(=O)O)ccc21. The van der Waals surface area contributed by atoms with Crippen molar-refractivity contribution in [2.45, 2.75) is 19.8 Å². The van der Waals surface area contributed by atoms with Crippen LogP contribution in [0.1, 0.15) is 18.9 Å². The molecule has 1 aromatic rings. The minimum Gasteiger partial charge on any atom is -0.481 e. The molecule has 0 fully saturated rings. The van der Waals surface area contributed by atoms with E-state index in [-0.39, 0.29) is 23.3 Å². The van der Waals surface area contributed by atoms with Gasteiger partial charge in [0.05, 0.1) is 11.5 Å². The van der Waals surface area contributed by atoms with Gasteiger partial charge in [-0.05, 0) is 37.1 Å². The van der Waals surface area contributed by atoms with Gasteiger partial charge in [0, 0.05) is 24.3 Å². The van der Waals surface area contributed by atoms with Crippen molar-refractivity contribution in [1.29, 1.82) is 0 Å². The normalized spacial score (nSPS) is 13.7. The molecule has 2 amide bonds. The van der Waals surface area contributed by atoms with Crippen LogP contribution in [0.5, 0.6) is 0 Å². The van der Waals surface area contributed by atoms with Gasteiger partial charge >= 0.3 is 5.97 Å². The van der Waals surface area contributed by atoms with Gasteiger partial charge in [0.15, 0.2) is 0 Å². The molecule has 0 saturated carbocycles. The highest BCUT2D eigenvalue weighted by molar-refractivity contribution is 8.00. The molecule has 6 nitrogen and oxygen atoms in total. The minimum atomic E-state index is -0.934. The quantitative estimate of drug-likeness (QED) is 0.833. The van der Waals surface area contributed by atoms with Gasteiger partial charge in [-0.3, -0.25) is 14.4 Å². The predicted octanol–water partition coefficient (Wildman–Crippen LogP) is 1.74. The second-order valence-electron chi connectivity index (χ2n) is 4.92. The Kier molecular flexibility index (Phi) is 5.43. The number of rotatable bonds is 6. The van der Waals surface area contributed by atoms with E-state index < -0.39 is 5.97 Å². The molecule has 0 atom stereocenters. The zero-order valence-corrected chi connectivity index (χ0v) is 13.1. The van der Waals surface area contributed by atoms with Crippen LogP contribution in [-0.2, 0) is 20.8 Å². The number of aryl methyl sites for hydroxylation is 1. The third-order valence-electron chi connectivity index (χ3n) is 3.34. The average molecular weight is 322 g/mol. The first kappa shape index (κ1) is 16.4. The van der Waals surface area contributed by atoms with Crippen molar-refractivity contribution in [2.24, 2.45) is 0 Å². The van der Waals surface area contributed by atoms with Crippen LogP contribution in [0.15, 0.2) is 18.2 Å². The molecule has 0 aromatic heterocycles. The lowest BCUT2D eigenvalue weighted by Gasteiger charge is -2.28. The largest absolute Gasteiger partial charge is 0.481 e. The maximum atomic E-state index is 11.8. The number of carbonyl (C=O) groups is 3. The summed E-state index contributed by atoms with van der Waals surface area (Å²) in [6, 6.07) is 5.49. The second kappa shape index (κ2) is 7.31. The molecule has 1 heterocycles. The minimum absolute atomic E-state index is 0.0921. The van der Waals surface area contributed by atoms with E-state index in [2.05, 4.69) is 5.32 Å². The van der Waals surface area contributed by atoms with E-state index in [0.29, 0.717) is 25.1 Å². The molecule has 2 rings (SSSR count). The second-order valence-corrected chi connectivity index (χ2v) is 5.90. The summed E-state index contributed by atoms with van der Waals surface area (Å²) in [7, 11) is 0. The topological polar surface area (TPSA) is 86.7 Å². The number of nitrogens with one attached hydrogen (secondary N) is 1. The molecule has 22 heavy (non-hydrogen) atoms. The maximum absolute atomic E-state index is 11.8. The maximum Gasteiger partial charge on any atom is 0.313 e. The lowest BCUT2D eigenvalue weighted by Crippen LogP contribution is -2.34. The summed E-state index contributed by atoms with van der Waals surface area (Å²) in [5, 5.41) is 11.3. The number of aliphatic carboxylic acids is 1. The molecular weight excluding hydrogens is 304 g/mol. The van der Waals surface area contributed by atoms with Gasteiger partial charge in [-0.15, -0.1) is 11.8 Å². The van der Waals surface area contributed by atoms with Crippen molar-refractivity contribution in [3.05, 3.63) is 23.8 Å². The first-order valence-corrected chi connectivity index (χ1v) is 8.19. The monoisotopic (exact) mass is 322 g/mol. The molecule has 0 saturated heterocycles. The summed E-state index contributed by atoms with van der Waals surface area (Å²) in [6.07, 6.45) is 1.15. The number of benzene rings is 1. The van der Waals surface area contributed by atoms with Crippen molar-refractivity contribution < 1.29 is 19.5 Å². The van der Waals surface area contributed by atoms with Gasteiger partial charge in [0.25, 0.3) is 0 Å². The van der Waals surface area contributed by atoms with E-state index in [1.165, 1.54) is 0 Å². The Hall–Kier alpha value is -2.02. The number of nitrogens with zero attached hydrogens (tertiary/aromatic N) is 1. The standard InChI is InChI=1S/C15H18N2O4S/c1-2-17-12-5-4-11(7-10(12)3-6-14(17)19)16-13(18)8-22-9-15(20)21/h4-5,7H,2-3,6,8-9H2,1H3,(H,16,18)(H,20,21). The number of hydrogen-bond donors (Lipinski definition) is 2. The Balaban J connectivity index is 2.01. The van der Waals surface area contributed by atoms with Crippen LogP contribution < -0.4 is 10.2 Å². The van der Waals surface area contributed by atoms with E-state index in [1.807, 2.05) is 19.1 Å². The molecule has 2 N–H and O–H groups in total. The van der Waals surface area contributed by atoms with Crippen molar-refractivity contribution in [3.63, 3.8) is 0 Å². The Morgan fingerprint density at radius 3 is 2.77 bits per heavy atom. The Labute approximate surface area is 132 Å². The van der Waals surface area contributed by atoms with Gasteiger partial charge in [-0.2, -0.15) is 0 Å². The van der Waals surface area contributed by atoms with E-state index in [4.69, 9.17) is 5.11 Å². The molecule has 0 spiro atoms. The van der Waals surface area contributed by atoms with Crippen molar-refractivity contribution in [1.82, 2.24) is 0 Å². The summed E-state index contributed by atoms with van der Waals surface area (Å²) < 4.78 is 0. The highest BCUT2D eigenvalue weighted by Crippen LogP contribution is 2.30. The molecule has 1 aliphatic heterocycles. The molecule has 7 heteroatoms. The molecular formula is C15H18N2O4S. The first-order chi connectivity index (χ1) is 10.5. The number of carbonyl (C=O) groups excluding carboxylic acids is 2. The van der Waals surface area contributed by atoms with Crippen LogP contribution in [0.2, 0.25) is 0 Å². The smallest absolute Gasteiger partial charge is 0.313 e. The van der Waals surface area contributed by atoms with Crippen molar-refractivity contribution in [2.75, 3.05) is 28.3 Å². The molecule has 0 bridgehead atoms. The van der Waals surface area contributed by atoms with Crippen LogP contribution in [0, 0.1) is 0 Å². The van der Waals surface area contributed by atoms with Crippen LogP contribution in [0.4, 0.5) is 11.4 Å². The summed E-state index contributed by atoms with van der Waals surface area (Å²) in [5.41, 5.74) is 2.61. The summed E-state index contributed by atoms with van der Waals surface area (Å²) >= 11 is 1.06. The predicted molar refractivity (Wildman–Crippen MR) is 86.4 cm³/mol. The molecule has 1 aliphatic rings. The van der Waals surface area contributed by atoms with Gasteiger partial charge in [0.1, 0.15) is 0 Å². The van der Waals surface area contributed by atoms with Crippen LogP contribution in [-0.4, -0.2) is 40.9 Å². The van der Waals surface area contributed by atoms with Crippen molar-refractivity contribution in [3.8, 4) is 0 Å². The number of thioether (sulfide) groups is 1. The van der Waals surface area contributed by atoms with Gasteiger partial charge < -0.3 is 15.3 Å². The molecule has 118 valence electrons. The third kappa shape index (κ3) is 4.00. The fourth-order valence-electron chi connectivity index (χ4n) is 2.41. The fourth-order valence-corrected chi connectivity index (χ4v) is 2.95. The fraction of sp³-hybridized carbons (Fsp3) is 0.400. The number of amides is 2.